The van der Waals surface area contributed by atoms with Gasteiger partial charge in [0.2, 0.25) is 0 Å². The Bertz CT molecular complexity index is 1180. The second-order valence-electron chi connectivity index (χ2n) is 9.93. The third kappa shape index (κ3) is 3.84. The van der Waals surface area contributed by atoms with Crippen molar-refractivity contribution in [2.75, 3.05) is 31.6 Å². The molecule has 6 nitrogen and oxygen atoms in total. The van der Waals surface area contributed by atoms with Gasteiger partial charge in [0, 0.05) is 12.6 Å². The lowest BCUT2D eigenvalue weighted by atomic mass is 9.76. The molecule has 0 amide bonds. The van der Waals surface area contributed by atoms with Crippen molar-refractivity contribution < 1.29 is 17.9 Å². The number of anilines is 1. The van der Waals surface area contributed by atoms with Crippen LogP contribution in [0, 0.1) is 5.41 Å². The van der Waals surface area contributed by atoms with E-state index >= 15 is 0 Å². The highest BCUT2D eigenvalue weighted by molar-refractivity contribution is 5.88. The number of rotatable bonds is 3. The first kappa shape index (κ1) is 21.9. The molecule has 6 rings (SSSR count). The standard InChI is InChI=1S/C25H28F3N5O/c26-25(27,28)20-13-18-22(31-20)29-15-30-23(18)32-21-17-4-2-1-3-16(17)5-6-19(21)33-10-7-24(8-11-33)9-12-34-14-24/h1-4,13,15,19,21H,5-12,14H2,(H2,29,30,31,32). The summed E-state index contributed by atoms with van der Waals surface area (Å²) in [5, 5.41) is 3.91. The Morgan fingerprint density at radius 3 is 2.71 bits per heavy atom. The van der Waals surface area contributed by atoms with Crippen molar-refractivity contribution in [1.29, 1.82) is 0 Å². The lowest BCUT2D eigenvalue weighted by Gasteiger charge is -2.46. The smallest absolute Gasteiger partial charge is 0.381 e. The fourth-order valence-electron chi connectivity index (χ4n) is 6.04. The Hall–Kier alpha value is -2.65. The Labute approximate surface area is 195 Å². The van der Waals surface area contributed by atoms with Crippen LogP contribution in [-0.2, 0) is 17.3 Å². The zero-order chi connectivity index (χ0) is 23.3. The quantitative estimate of drug-likeness (QED) is 0.566. The highest BCUT2D eigenvalue weighted by Gasteiger charge is 2.42. The van der Waals surface area contributed by atoms with Gasteiger partial charge in [-0.3, -0.25) is 4.90 Å². The van der Waals surface area contributed by atoms with Crippen molar-refractivity contribution in [3.05, 3.63) is 53.5 Å². The molecule has 2 aliphatic heterocycles. The predicted octanol–water partition coefficient (Wildman–Crippen LogP) is 4.95. The van der Waals surface area contributed by atoms with Crippen molar-refractivity contribution in [2.24, 2.45) is 5.41 Å². The van der Waals surface area contributed by atoms with Crippen LogP contribution in [0.3, 0.4) is 0 Å². The lowest BCUT2D eigenvalue weighted by molar-refractivity contribution is -0.140. The van der Waals surface area contributed by atoms with Crippen LogP contribution in [0.4, 0.5) is 19.0 Å². The number of aromatic nitrogens is 3. The molecule has 2 N–H and O–H groups in total. The van der Waals surface area contributed by atoms with Gasteiger partial charge in [-0.1, -0.05) is 24.3 Å². The molecule has 180 valence electrons. The molecule has 9 heteroatoms. The highest BCUT2D eigenvalue weighted by atomic mass is 19.4. The normalized spacial score (nSPS) is 25.0. The van der Waals surface area contributed by atoms with Crippen LogP contribution in [0.15, 0.2) is 36.7 Å². The number of nitrogens with one attached hydrogen (secondary N) is 2. The second-order valence-corrected chi connectivity index (χ2v) is 9.93. The number of hydrogen-bond acceptors (Lipinski definition) is 5. The van der Waals surface area contributed by atoms with Crippen LogP contribution >= 0.6 is 0 Å². The van der Waals surface area contributed by atoms with Crippen LogP contribution in [-0.4, -0.2) is 52.2 Å². The summed E-state index contributed by atoms with van der Waals surface area (Å²) in [5.74, 6) is 0.432. The fourth-order valence-corrected chi connectivity index (χ4v) is 6.04. The van der Waals surface area contributed by atoms with Crippen LogP contribution in [0.2, 0.25) is 0 Å². The van der Waals surface area contributed by atoms with E-state index in [0.717, 1.165) is 64.5 Å². The summed E-state index contributed by atoms with van der Waals surface area (Å²) in [6.07, 6.45) is 2.23. The number of likely N-dealkylation sites (tertiary alicyclic amines) is 1. The minimum Gasteiger partial charge on any atom is -0.381 e. The first-order valence-corrected chi connectivity index (χ1v) is 12.0. The number of H-pyrrole nitrogens is 1. The Morgan fingerprint density at radius 1 is 1.12 bits per heavy atom. The molecule has 0 bridgehead atoms. The summed E-state index contributed by atoms with van der Waals surface area (Å²) in [6.45, 7) is 3.75. The van der Waals surface area contributed by atoms with Crippen molar-refractivity contribution in [1.82, 2.24) is 19.9 Å². The van der Waals surface area contributed by atoms with E-state index in [1.807, 2.05) is 12.1 Å². The maximum absolute atomic E-state index is 13.3. The van der Waals surface area contributed by atoms with E-state index in [1.165, 1.54) is 17.5 Å². The number of ether oxygens (including phenoxy) is 1. The highest BCUT2D eigenvalue weighted by Crippen LogP contribution is 2.43. The van der Waals surface area contributed by atoms with Gasteiger partial charge in [-0.25, -0.2) is 9.97 Å². The first-order chi connectivity index (χ1) is 16.4. The van der Waals surface area contributed by atoms with Gasteiger partial charge in [0.15, 0.2) is 0 Å². The zero-order valence-electron chi connectivity index (χ0n) is 18.9. The fraction of sp³-hybridized carbons (Fsp3) is 0.520. The minimum absolute atomic E-state index is 0.0684. The van der Waals surface area contributed by atoms with Gasteiger partial charge in [-0.15, -0.1) is 0 Å². The average molecular weight is 472 g/mol. The monoisotopic (exact) mass is 471 g/mol. The molecular formula is C25H28F3N5O. The molecule has 2 fully saturated rings. The van der Waals surface area contributed by atoms with Crippen molar-refractivity contribution >= 4 is 16.9 Å². The van der Waals surface area contributed by atoms with E-state index in [2.05, 4.69) is 37.3 Å². The summed E-state index contributed by atoms with van der Waals surface area (Å²) in [7, 11) is 0. The summed E-state index contributed by atoms with van der Waals surface area (Å²) < 4.78 is 45.7. The molecule has 2 unspecified atom stereocenters. The first-order valence-electron chi connectivity index (χ1n) is 12.0. The average Bonchev–Trinajstić information content (AvgIpc) is 3.48. The third-order valence-electron chi connectivity index (χ3n) is 8.02. The Morgan fingerprint density at radius 2 is 1.94 bits per heavy atom. The van der Waals surface area contributed by atoms with Gasteiger partial charge < -0.3 is 15.0 Å². The van der Waals surface area contributed by atoms with Crippen LogP contribution in [0.1, 0.15) is 48.5 Å². The van der Waals surface area contributed by atoms with Gasteiger partial charge >= 0.3 is 6.18 Å². The van der Waals surface area contributed by atoms with E-state index in [-0.39, 0.29) is 17.7 Å². The number of aryl methyl sites for hydroxylation is 1. The number of nitrogens with zero attached hydrogens (tertiary/aromatic N) is 3. The van der Waals surface area contributed by atoms with E-state index in [9.17, 15) is 13.2 Å². The largest absolute Gasteiger partial charge is 0.431 e. The summed E-state index contributed by atoms with van der Waals surface area (Å²) in [4.78, 5) is 13.4. The summed E-state index contributed by atoms with van der Waals surface area (Å²) in [6, 6.07) is 9.63. The molecule has 3 aromatic rings. The van der Waals surface area contributed by atoms with Crippen LogP contribution in [0.5, 0.6) is 0 Å². The molecule has 0 radical (unpaired) electrons. The SMILES string of the molecule is FC(F)(F)c1cc2c(NC3c4ccccc4CCC3N3CCC4(CCOC4)CC3)ncnc2[nH]1. The van der Waals surface area contributed by atoms with E-state index in [0.29, 0.717) is 16.6 Å². The van der Waals surface area contributed by atoms with Crippen molar-refractivity contribution in [3.8, 4) is 0 Å². The molecule has 2 atom stereocenters. The van der Waals surface area contributed by atoms with Gasteiger partial charge in [0.05, 0.1) is 18.0 Å². The maximum atomic E-state index is 13.3. The topological polar surface area (TPSA) is 66.1 Å². The van der Waals surface area contributed by atoms with Gasteiger partial charge in [0.1, 0.15) is 23.5 Å². The molecule has 2 aromatic heterocycles. The van der Waals surface area contributed by atoms with E-state index < -0.39 is 11.9 Å². The van der Waals surface area contributed by atoms with E-state index in [4.69, 9.17) is 4.74 Å². The number of hydrogen-bond donors (Lipinski definition) is 2. The molecule has 2 saturated heterocycles. The molecule has 3 aliphatic rings. The number of fused-ring (bicyclic) bond motifs is 2. The molecule has 4 heterocycles. The third-order valence-corrected chi connectivity index (χ3v) is 8.02. The second kappa shape index (κ2) is 8.23. The predicted molar refractivity (Wildman–Crippen MR) is 122 cm³/mol. The summed E-state index contributed by atoms with van der Waals surface area (Å²) >= 11 is 0. The minimum atomic E-state index is -4.47. The molecule has 1 aliphatic carbocycles. The summed E-state index contributed by atoms with van der Waals surface area (Å²) in [5.41, 5.74) is 2.17. The number of piperidine rings is 1. The zero-order valence-corrected chi connectivity index (χ0v) is 18.9. The number of benzene rings is 1. The molecule has 34 heavy (non-hydrogen) atoms. The lowest BCUT2D eigenvalue weighted by Crippen LogP contribution is -2.50. The van der Waals surface area contributed by atoms with E-state index in [1.54, 1.807) is 0 Å². The van der Waals surface area contributed by atoms with Crippen LogP contribution < -0.4 is 5.32 Å². The van der Waals surface area contributed by atoms with Crippen molar-refractivity contribution in [2.45, 2.75) is 50.4 Å². The Kier molecular flexibility index (Phi) is 5.29. The van der Waals surface area contributed by atoms with Gasteiger partial charge in [-0.2, -0.15) is 13.2 Å². The number of alkyl halides is 3. The van der Waals surface area contributed by atoms with Gasteiger partial charge in [0.25, 0.3) is 0 Å². The maximum Gasteiger partial charge on any atom is 0.431 e. The van der Waals surface area contributed by atoms with Crippen molar-refractivity contribution in [3.63, 3.8) is 0 Å². The number of aromatic amines is 1. The molecule has 1 aromatic carbocycles. The molecule has 1 spiro atoms. The number of halogens is 3. The molecular weight excluding hydrogens is 443 g/mol. The molecule has 0 saturated carbocycles. The Balaban J connectivity index is 1.32. The van der Waals surface area contributed by atoms with Crippen LogP contribution in [0.25, 0.3) is 11.0 Å². The van der Waals surface area contributed by atoms with Gasteiger partial charge in [-0.05, 0) is 67.8 Å².